The van der Waals surface area contributed by atoms with Crippen LogP contribution in [0.3, 0.4) is 0 Å². The molecule has 1 aliphatic rings. The summed E-state index contributed by atoms with van der Waals surface area (Å²) in [6.07, 6.45) is 3.57. The first-order valence-corrected chi connectivity index (χ1v) is 10.6. The molecule has 134 valence electrons. The van der Waals surface area contributed by atoms with Crippen molar-refractivity contribution < 1.29 is 8.42 Å². The van der Waals surface area contributed by atoms with Crippen LogP contribution in [0.4, 0.5) is 5.82 Å². The number of aryl methyl sites for hydroxylation is 1. The SMILES string of the molecule is Cc1cc(N2CCCCC2)nc(CNS(=O)(=O)c2ccccc2Br)n1. The van der Waals surface area contributed by atoms with Crippen LogP contribution >= 0.6 is 15.9 Å². The van der Waals surface area contributed by atoms with E-state index in [2.05, 4.69) is 35.5 Å². The molecule has 1 fully saturated rings. The number of sulfonamides is 1. The highest BCUT2D eigenvalue weighted by molar-refractivity contribution is 9.10. The number of aromatic nitrogens is 2. The molecule has 0 amide bonds. The van der Waals surface area contributed by atoms with Crippen LogP contribution in [-0.4, -0.2) is 31.5 Å². The van der Waals surface area contributed by atoms with E-state index in [-0.39, 0.29) is 11.4 Å². The van der Waals surface area contributed by atoms with Gasteiger partial charge in [-0.1, -0.05) is 12.1 Å². The molecule has 2 aromatic rings. The molecule has 1 saturated heterocycles. The third-order valence-corrected chi connectivity index (χ3v) is 6.53. The van der Waals surface area contributed by atoms with Crippen molar-refractivity contribution in [2.75, 3.05) is 18.0 Å². The van der Waals surface area contributed by atoms with Gasteiger partial charge in [0.05, 0.1) is 11.4 Å². The second kappa shape index (κ2) is 7.80. The maximum atomic E-state index is 12.5. The predicted molar refractivity (Wildman–Crippen MR) is 101 cm³/mol. The molecule has 0 unspecified atom stereocenters. The van der Waals surface area contributed by atoms with Gasteiger partial charge in [0.25, 0.3) is 0 Å². The van der Waals surface area contributed by atoms with Gasteiger partial charge in [0.1, 0.15) is 11.6 Å². The van der Waals surface area contributed by atoms with Gasteiger partial charge in [-0.3, -0.25) is 0 Å². The lowest BCUT2D eigenvalue weighted by Crippen LogP contribution is -2.31. The van der Waals surface area contributed by atoms with Crippen molar-refractivity contribution in [3.05, 3.63) is 46.3 Å². The van der Waals surface area contributed by atoms with Crippen molar-refractivity contribution in [2.24, 2.45) is 0 Å². The lowest BCUT2D eigenvalue weighted by atomic mass is 10.1. The van der Waals surface area contributed by atoms with Crippen LogP contribution in [-0.2, 0) is 16.6 Å². The number of benzene rings is 1. The Kier molecular flexibility index (Phi) is 5.71. The minimum absolute atomic E-state index is 0.0617. The second-order valence-corrected chi connectivity index (χ2v) is 8.68. The Hall–Kier alpha value is -1.51. The zero-order valence-electron chi connectivity index (χ0n) is 14.1. The van der Waals surface area contributed by atoms with E-state index in [0.29, 0.717) is 10.3 Å². The van der Waals surface area contributed by atoms with Crippen LogP contribution in [0.5, 0.6) is 0 Å². The number of rotatable bonds is 5. The molecule has 0 saturated carbocycles. The zero-order chi connectivity index (χ0) is 17.9. The van der Waals surface area contributed by atoms with Crippen LogP contribution in [0.15, 0.2) is 39.7 Å². The highest BCUT2D eigenvalue weighted by Gasteiger charge is 2.18. The van der Waals surface area contributed by atoms with Crippen molar-refractivity contribution in [3.8, 4) is 0 Å². The molecule has 3 rings (SSSR count). The van der Waals surface area contributed by atoms with E-state index in [0.717, 1.165) is 37.4 Å². The molecule has 0 bridgehead atoms. The molecule has 1 aromatic heterocycles. The Morgan fingerprint density at radius 3 is 2.60 bits per heavy atom. The predicted octanol–water partition coefficient (Wildman–Crippen LogP) is 3.02. The van der Waals surface area contributed by atoms with Crippen molar-refractivity contribution in [2.45, 2.75) is 37.6 Å². The van der Waals surface area contributed by atoms with Crippen molar-refractivity contribution in [3.63, 3.8) is 0 Å². The maximum absolute atomic E-state index is 12.5. The highest BCUT2D eigenvalue weighted by Crippen LogP contribution is 2.21. The molecule has 1 aliphatic heterocycles. The zero-order valence-corrected chi connectivity index (χ0v) is 16.5. The van der Waals surface area contributed by atoms with Gasteiger partial charge in [0.15, 0.2) is 0 Å². The van der Waals surface area contributed by atoms with E-state index in [1.165, 1.54) is 6.42 Å². The third-order valence-electron chi connectivity index (χ3n) is 4.11. The molecule has 1 N–H and O–H groups in total. The lowest BCUT2D eigenvalue weighted by molar-refractivity contribution is 0.569. The molecule has 25 heavy (non-hydrogen) atoms. The normalized spacial score (nSPS) is 15.4. The van der Waals surface area contributed by atoms with Gasteiger partial charge in [0, 0.05) is 29.3 Å². The maximum Gasteiger partial charge on any atom is 0.242 e. The number of piperidine rings is 1. The number of nitrogens with one attached hydrogen (secondary N) is 1. The van der Waals surface area contributed by atoms with E-state index in [1.54, 1.807) is 24.3 Å². The fourth-order valence-electron chi connectivity index (χ4n) is 2.88. The third kappa shape index (κ3) is 4.56. The number of hydrogen-bond acceptors (Lipinski definition) is 5. The Balaban J connectivity index is 1.77. The number of nitrogens with zero attached hydrogens (tertiary/aromatic N) is 3. The average molecular weight is 425 g/mol. The van der Waals surface area contributed by atoms with E-state index in [1.807, 2.05) is 13.0 Å². The Labute approximate surface area is 156 Å². The fourth-order valence-corrected chi connectivity index (χ4v) is 4.86. The summed E-state index contributed by atoms with van der Waals surface area (Å²) in [5.41, 5.74) is 0.839. The summed E-state index contributed by atoms with van der Waals surface area (Å²) in [4.78, 5) is 11.4. The molecular weight excluding hydrogens is 404 g/mol. The van der Waals surface area contributed by atoms with Crippen LogP contribution < -0.4 is 9.62 Å². The van der Waals surface area contributed by atoms with E-state index >= 15 is 0 Å². The molecule has 0 atom stereocenters. The Morgan fingerprint density at radius 1 is 1.16 bits per heavy atom. The molecule has 2 heterocycles. The van der Waals surface area contributed by atoms with Gasteiger partial charge >= 0.3 is 0 Å². The molecule has 1 aromatic carbocycles. The van der Waals surface area contributed by atoms with Crippen molar-refractivity contribution >= 4 is 31.8 Å². The van der Waals surface area contributed by atoms with Gasteiger partial charge in [-0.25, -0.2) is 23.1 Å². The molecular formula is C17H21BrN4O2S. The first-order chi connectivity index (χ1) is 12.0. The van der Waals surface area contributed by atoms with Crippen molar-refractivity contribution in [1.29, 1.82) is 0 Å². The Morgan fingerprint density at radius 2 is 1.88 bits per heavy atom. The first-order valence-electron chi connectivity index (χ1n) is 8.29. The molecule has 0 radical (unpaired) electrons. The monoisotopic (exact) mass is 424 g/mol. The van der Waals surface area contributed by atoms with E-state index in [4.69, 9.17) is 0 Å². The van der Waals surface area contributed by atoms with Crippen LogP contribution in [0.25, 0.3) is 0 Å². The van der Waals surface area contributed by atoms with Gasteiger partial charge in [-0.2, -0.15) is 0 Å². The van der Waals surface area contributed by atoms with Gasteiger partial charge in [-0.05, 0) is 54.2 Å². The summed E-state index contributed by atoms with van der Waals surface area (Å²) in [6, 6.07) is 8.68. The molecule has 0 spiro atoms. The molecule has 8 heteroatoms. The standard InChI is InChI=1S/C17H21BrN4O2S/c1-13-11-17(22-9-5-2-6-10-22)21-16(20-13)12-19-25(23,24)15-8-4-3-7-14(15)18/h3-4,7-8,11,19H,2,5-6,9-10,12H2,1H3. The number of halogens is 1. The van der Waals surface area contributed by atoms with Crippen LogP contribution in [0.2, 0.25) is 0 Å². The summed E-state index contributed by atoms with van der Waals surface area (Å²) in [5.74, 6) is 1.36. The first kappa shape index (κ1) is 18.3. The van der Waals surface area contributed by atoms with Crippen LogP contribution in [0.1, 0.15) is 30.8 Å². The second-order valence-electron chi connectivity index (χ2n) is 6.09. The minimum atomic E-state index is -3.63. The summed E-state index contributed by atoms with van der Waals surface area (Å²) in [6.45, 7) is 3.93. The van der Waals surface area contributed by atoms with E-state index < -0.39 is 10.0 Å². The van der Waals surface area contributed by atoms with Gasteiger partial charge in [0.2, 0.25) is 10.0 Å². The van der Waals surface area contributed by atoms with Gasteiger partial charge in [-0.15, -0.1) is 0 Å². The highest BCUT2D eigenvalue weighted by atomic mass is 79.9. The number of hydrogen-bond donors (Lipinski definition) is 1. The average Bonchev–Trinajstić information content (AvgIpc) is 2.61. The number of anilines is 1. The summed E-state index contributed by atoms with van der Waals surface area (Å²) < 4.78 is 28.1. The topological polar surface area (TPSA) is 75.2 Å². The Bertz CT molecular complexity index is 851. The van der Waals surface area contributed by atoms with Crippen molar-refractivity contribution in [1.82, 2.24) is 14.7 Å². The fraction of sp³-hybridized carbons (Fsp3) is 0.412. The van der Waals surface area contributed by atoms with Crippen LogP contribution in [0, 0.1) is 6.92 Å². The van der Waals surface area contributed by atoms with Gasteiger partial charge < -0.3 is 4.90 Å². The largest absolute Gasteiger partial charge is 0.357 e. The van der Waals surface area contributed by atoms with E-state index in [9.17, 15) is 8.42 Å². The minimum Gasteiger partial charge on any atom is -0.357 e. The summed E-state index contributed by atoms with van der Waals surface area (Å²) in [5, 5.41) is 0. The summed E-state index contributed by atoms with van der Waals surface area (Å²) >= 11 is 3.28. The molecule has 6 nitrogen and oxygen atoms in total. The summed E-state index contributed by atoms with van der Waals surface area (Å²) in [7, 11) is -3.63. The lowest BCUT2D eigenvalue weighted by Gasteiger charge is -2.28. The molecule has 0 aliphatic carbocycles. The quantitative estimate of drug-likeness (QED) is 0.797. The smallest absolute Gasteiger partial charge is 0.242 e.